The summed E-state index contributed by atoms with van der Waals surface area (Å²) >= 11 is 2.64. The van der Waals surface area contributed by atoms with E-state index in [1.807, 2.05) is 72.8 Å². The number of thiazole rings is 2. The van der Waals surface area contributed by atoms with Gasteiger partial charge in [0.1, 0.15) is 27.0 Å². The lowest BCUT2D eigenvalue weighted by Gasteiger charge is -2.27. The monoisotopic (exact) mass is 583 g/mol. The summed E-state index contributed by atoms with van der Waals surface area (Å²) in [7, 11) is 4.50. The maximum atomic E-state index is 13.9. The molecule has 0 bridgehead atoms. The second-order valence-electron chi connectivity index (χ2n) is 9.23. The number of rotatable bonds is 6. The Morgan fingerprint density at radius 3 is 2.41 bits per heavy atom. The van der Waals surface area contributed by atoms with Crippen LogP contribution in [0.5, 0.6) is 11.5 Å². The van der Waals surface area contributed by atoms with Crippen molar-refractivity contribution in [3.63, 3.8) is 0 Å². The molecule has 0 spiro atoms. The first-order chi connectivity index (χ1) is 19.9. The molecule has 2 aromatic heterocycles. The predicted molar refractivity (Wildman–Crippen MR) is 162 cm³/mol. The third-order valence-corrected chi connectivity index (χ3v) is 9.07. The van der Waals surface area contributed by atoms with Crippen LogP contribution in [0.1, 0.15) is 22.1 Å². The van der Waals surface area contributed by atoms with Crippen LogP contribution in [-0.4, -0.2) is 36.8 Å². The summed E-state index contributed by atoms with van der Waals surface area (Å²) in [5, 5.41) is 0.611. The number of carbonyl (C=O) groups excluding carboxylic acids is 1. The summed E-state index contributed by atoms with van der Waals surface area (Å²) in [6, 6.07) is 22.6. The third kappa shape index (κ3) is 4.60. The van der Waals surface area contributed by atoms with E-state index in [2.05, 4.69) is 0 Å². The van der Waals surface area contributed by atoms with Crippen molar-refractivity contribution >= 4 is 61.9 Å². The zero-order valence-corrected chi connectivity index (χ0v) is 24.0. The van der Waals surface area contributed by atoms with Gasteiger partial charge in [-0.3, -0.25) is 9.36 Å². The van der Waals surface area contributed by atoms with Crippen molar-refractivity contribution in [3.05, 3.63) is 108 Å². The van der Waals surface area contributed by atoms with Gasteiger partial charge < -0.3 is 19.9 Å². The normalized spacial score (nSPS) is 15.2. The van der Waals surface area contributed by atoms with E-state index in [0.29, 0.717) is 36.8 Å². The lowest BCUT2D eigenvalue weighted by Crippen LogP contribution is -2.39. The van der Waals surface area contributed by atoms with Gasteiger partial charge in [-0.2, -0.15) is 0 Å². The molecule has 0 aliphatic carbocycles. The molecular weight excluding hydrogens is 558 g/mol. The largest absolute Gasteiger partial charge is 0.497 e. The maximum Gasteiger partial charge on any atom is 0.337 e. The van der Waals surface area contributed by atoms with Crippen LogP contribution in [0.3, 0.4) is 0 Å². The summed E-state index contributed by atoms with van der Waals surface area (Å²) in [4.78, 5) is 32.4. The topological polar surface area (TPSA) is 106 Å². The van der Waals surface area contributed by atoms with Crippen LogP contribution in [0.25, 0.3) is 33.3 Å². The highest BCUT2D eigenvalue weighted by Gasteiger charge is 2.38. The molecule has 8 nitrogen and oxygen atoms in total. The molecule has 0 amide bonds. The van der Waals surface area contributed by atoms with E-state index >= 15 is 0 Å². The maximum absolute atomic E-state index is 13.9. The van der Waals surface area contributed by atoms with Crippen LogP contribution in [0.2, 0.25) is 0 Å². The smallest absolute Gasteiger partial charge is 0.337 e. The molecule has 0 unspecified atom stereocenters. The number of nitrogens with two attached hydrogens (primary N) is 1. The first kappa shape index (κ1) is 26.5. The number of para-hydroxylation sites is 1. The minimum Gasteiger partial charge on any atom is -0.497 e. The Morgan fingerprint density at radius 1 is 0.951 bits per heavy atom. The SMILES string of the molecule is COC(=O)C1=c2s/c(=C/c3cccc(OC)c3)c(=O)n2C(N)=C(c2nc3ccccc3s2)[C@@H]1c1cccc(OC)c1. The van der Waals surface area contributed by atoms with Gasteiger partial charge in [0.25, 0.3) is 5.56 Å². The van der Waals surface area contributed by atoms with Crippen molar-refractivity contribution < 1.29 is 19.0 Å². The third-order valence-electron chi connectivity index (χ3n) is 6.90. The van der Waals surface area contributed by atoms with E-state index in [1.54, 1.807) is 20.3 Å². The molecule has 1 aliphatic heterocycles. The highest BCUT2D eigenvalue weighted by atomic mass is 32.1. The molecular formula is C31H25N3O5S2. The quantitative estimate of drug-likeness (QED) is 0.304. The van der Waals surface area contributed by atoms with Crippen LogP contribution in [0.15, 0.2) is 77.6 Å². The van der Waals surface area contributed by atoms with Crippen LogP contribution >= 0.6 is 22.7 Å². The number of aromatic nitrogens is 2. The van der Waals surface area contributed by atoms with E-state index in [1.165, 1.54) is 34.4 Å². The van der Waals surface area contributed by atoms with Gasteiger partial charge in [0.15, 0.2) is 0 Å². The molecule has 3 heterocycles. The molecule has 5 aromatic rings. The molecule has 206 valence electrons. The molecule has 0 saturated heterocycles. The number of hydrogen-bond acceptors (Lipinski definition) is 9. The van der Waals surface area contributed by atoms with Crippen molar-refractivity contribution in [3.8, 4) is 11.5 Å². The van der Waals surface area contributed by atoms with E-state index in [4.69, 9.17) is 24.9 Å². The highest BCUT2D eigenvalue weighted by molar-refractivity contribution is 7.19. The lowest BCUT2D eigenvalue weighted by atomic mass is 9.83. The Hall–Kier alpha value is -4.67. The van der Waals surface area contributed by atoms with Crippen molar-refractivity contribution in [2.75, 3.05) is 21.3 Å². The first-order valence-electron chi connectivity index (χ1n) is 12.6. The predicted octanol–water partition coefficient (Wildman–Crippen LogP) is 3.77. The number of nitrogens with zero attached hydrogens (tertiary/aromatic N) is 2. The number of methoxy groups -OCH3 is 3. The van der Waals surface area contributed by atoms with Gasteiger partial charge in [0.05, 0.1) is 47.6 Å². The summed E-state index contributed by atoms with van der Waals surface area (Å²) in [5.74, 6) is 0.270. The van der Waals surface area contributed by atoms with E-state index < -0.39 is 11.9 Å². The Morgan fingerprint density at radius 2 is 1.68 bits per heavy atom. The van der Waals surface area contributed by atoms with Gasteiger partial charge in [0.2, 0.25) is 0 Å². The Bertz CT molecular complexity index is 2000. The second kappa shape index (κ2) is 10.7. The fourth-order valence-electron chi connectivity index (χ4n) is 4.99. The van der Waals surface area contributed by atoms with Gasteiger partial charge in [-0.15, -0.1) is 22.7 Å². The van der Waals surface area contributed by atoms with Gasteiger partial charge >= 0.3 is 5.97 Å². The standard InChI is InChI=1S/C31H25N3O5S2/c1-37-19-10-6-8-17(14-19)15-23-29(35)34-27(32)25(28-33-21-12-4-5-13-22(21)40-28)24(18-9-7-11-20(16-18)38-2)26(30(34)41-23)31(36)39-3/h4-16,24H,32H2,1-3H3/b23-15+/t24-/m0/s1. The molecule has 0 fully saturated rings. The Labute approximate surface area is 242 Å². The van der Waals surface area contributed by atoms with Crippen LogP contribution in [-0.2, 0) is 9.53 Å². The van der Waals surface area contributed by atoms with Crippen molar-refractivity contribution in [1.29, 1.82) is 0 Å². The average Bonchev–Trinajstić information content (AvgIpc) is 3.57. The summed E-state index contributed by atoms with van der Waals surface area (Å²) in [5.41, 5.74) is 9.74. The second-order valence-corrected chi connectivity index (χ2v) is 11.3. The molecule has 0 saturated carbocycles. The molecule has 0 radical (unpaired) electrons. The molecule has 41 heavy (non-hydrogen) atoms. The molecule has 2 N–H and O–H groups in total. The van der Waals surface area contributed by atoms with Crippen LogP contribution < -0.4 is 30.0 Å². The Balaban J connectivity index is 1.71. The number of fused-ring (bicyclic) bond motifs is 2. The average molecular weight is 584 g/mol. The number of esters is 1. The van der Waals surface area contributed by atoms with E-state index in [0.717, 1.165) is 21.3 Å². The number of benzene rings is 3. The minimum atomic E-state index is -0.666. The van der Waals surface area contributed by atoms with Crippen LogP contribution in [0.4, 0.5) is 0 Å². The fourth-order valence-corrected chi connectivity index (χ4v) is 7.21. The number of carbonyl (C=O) groups is 1. The van der Waals surface area contributed by atoms with Gasteiger partial charge in [-0.25, -0.2) is 9.78 Å². The fraction of sp³-hybridized carbons (Fsp3) is 0.129. The van der Waals surface area contributed by atoms with E-state index in [-0.39, 0.29) is 11.4 Å². The Kier molecular flexibility index (Phi) is 6.94. The first-order valence-corrected chi connectivity index (χ1v) is 14.3. The number of ether oxygens (including phenoxy) is 3. The number of allylic oxidation sites excluding steroid dienone is 1. The van der Waals surface area contributed by atoms with Gasteiger partial charge in [-0.1, -0.05) is 36.4 Å². The molecule has 3 aromatic carbocycles. The molecule has 1 atom stereocenters. The van der Waals surface area contributed by atoms with Gasteiger partial charge in [-0.05, 0) is 53.6 Å². The molecule has 10 heteroatoms. The molecule has 6 rings (SSSR count). The highest BCUT2D eigenvalue weighted by Crippen LogP contribution is 2.45. The van der Waals surface area contributed by atoms with Crippen molar-refractivity contribution in [2.24, 2.45) is 5.73 Å². The number of hydrogen-bond donors (Lipinski definition) is 1. The zero-order chi connectivity index (χ0) is 28.7. The van der Waals surface area contributed by atoms with E-state index in [9.17, 15) is 9.59 Å². The minimum absolute atomic E-state index is 0.214. The summed E-state index contributed by atoms with van der Waals surface area (Å²) in [6.45, 7) is 0. The lowest BCUT2D eigenvalue weighted by molar-refractivity contribution is -0.134. The molecule has 1 aliphatic rings. The summed E-state index contributed by atoms with van der Waals surface area (Å²) in [6.07, 6.45) is 1.76. The van der Waals surface area contributed by atoms with Gasteiger partial charge in [0, 0.05) is 5.57 Å². The zero-order valence-electron chi connectivity index (χ0n) is 22.4. The van der Waals surface area contributed by atoms with Crippen LogP contribution in [0, 0.1) is 0 Å². The van der Waals surface area contributed by atoms with Crippen molar-refractivity contribution in [1.82, 2.24) is 9.55 Å². The summed E-state index contributed by atoms with van der Waals surface area (Å²) < 4.78 is 19.3. The van der Waals surface area contributed by atoms with Crippen molar-refractivity contribution in [2.45, 2.75) is 5.92 Å².